The van der Waals surface area contributed by atoms with Crippen molar-refractivity contribution in [2.75, 3.05) is 17.5 Å². The fraction of sp³-hybridized carbons (Fsp3) is 0.194. The van der Waals surface area contributed by atoms with Gasteiger partial charge in [0.05, 0.1) is 22.1 Å². The topological polar surface area (TPSA) is 137 Å². The number of carbonyl (C=O) groups is 1. The predicted molar refractivity (Wildman–Crippen MR) is 171 cm³/mol. The molecule has 5 rings (SSSR count). The summed E-state index contributed by atoms with van der Waals surface area (Å²) in [5.41, 5.74) is 0.688. The van der Waals surface area contributed by atoms with Crippen LogP contribution in [0.5, 0.6) is 0 Å². The van der Waals surface area contributed by atoms with Crippen LogP contribution in [0.25, 0.3) is 22.2 Å². The normalized spacial score (nSPS) is 11.9. The molecule has 45 heavy (non-hydrogen) atoms. The Labute approximate surface area is 270 Å². The van der Waals surface area contributed by atoms with E-state index >= 15 is 0 Å². The largest absolute Gasteiger partial charge is 0.464 e. The molecule has 0 bridgehead atoms. The monoisotopic (exact) mass is 687 g/mol. The Morgan fingerprint density at radius 1 is 0.889 bits per heavy atom. The number of aromatic nitrogens is 2. The van der Waals surface area contributed by atoms with Gasteiger partial charge >= 0.3 is 5.97 Å². The molecule has 1 heterocycles. The van der Waals surface area contributed by atoms with Gasteiger partial charge in [-0.05, 0) is 65.7 Å². The SMILES string of the molecule is CCCCOC(=O)CN(c1ccc2c(-c3nc(CS(=O)(=O)c4ccccc4)no3)cccc2c1)S(=O)(=O)c1cc(Cl)cc(Cl)c1. The van der Waals surface area contributed by atoms with E-state index in [9.17, 15) is 21.6 Å². The Bertz CT molecular complexity index is 2050. The molecule has 234 valence electrons. The number of anilines is 1. The first kappa shape index (κ1) is 32.4. The van der Waals surface area contributed by atoms with Crippen molar-refractivity contribution in [1.82, 2.24) is 10.1 Å². The summed E-state index contributed by atoms with van der Waals surface area (Å²) in [6.45, 7) is 1.51. The number of hydrogen-bond donors (Lipinski definition) is 0. The number of sulfonamides is 1. The second kappa shape index (κ2) is 13.6. The van der Waals surface area contributed by atoms with Crippen molar-refractivity contribution in [2.24, 2.45) is 0 Å². The molecular weight excluding hydrogens is 661 g/mol. The van der Waals surface area contributed by atoms with Gasteiger partial charge < -0.3 is 9.26 Å². The maximum atomic E-state index is 13.9. The number of esters is 1. The molecule has 1 aromatic heterocycles. The van der Waals surface area contributed by atoms with Crippen molar-refractivity contribution < 1.29 is 30.9 Å². The highest BCUT2D eigenvalue weighted by molar-refractivity contribution is 7.93. The number of unbranched alkanes of at least 4 members (excludes halogenated alkanes) is 1. The standard InChI is InChI=1S/C31H27Cl2N3O7S2/c1-2-3-14-42-30(37)19-36(45(40,41)26-17-22(32)16-23(33)18-26)24-12-13-27-21(15-24)8-7-11-28(27)31-34-29(35-43-31)20-44(38,39)25-9-5-4-6-10-25/h4-13,15-18H,2-3,14,19-20H2,1H3. The molecule has 0 N–H and O–H groups in total. The Morgan fingerprint density at radius 3 is 2.33 bits per heavy atom. The maximum Gasteiger partial charge on any atom is 0.326 e. The van der Waals surface area contributed by atoms with Crippen LogP contribution in [-0.2, 0) is 35.1 Å². The molecule has 0 fully saturated rings. The van der Waals surface area contributed by atoms with Crippen LogP contribution >= 0.6 is 23.2 Å². The van der Waals surface area contributed by atoms with Gasteiger partial charge in [0, 0.05) is 15.6 Å². The zero-order valence-corrected chi connectivity index (χ0v) is 27.0. The van der Waals surface area contributed by atoms with Gasteiger partial charge in [0.15, 0.2) is 15.7 Å². The van der Waals surface area contributed by atoms with Gasteiger partial charge in [-0.1, -0.05) is 78.1 Å². The molecule has 14 heteroatoms. The van der Waals surface area contributed by atoms with E-state index in [0.29, 0.717) is 22.8 Å². The van der Waals surface area contributed by atoms with Gasteiger partial charge in [0.25, 0.3) is 15.9 Å². The van der Waals surface area contributed by atoms with Crippen molar-refractivity contribution in [2.45, 2.75) is 35.3 Å². The zero-order chi connectivity index (χ0) is 32.2. The minimum atomic E-state index is -4.33. The summed E-state index contributed by atoms with van der Waals surface area (Å²) < 4.78 is 65.0. The summed E-state index contributed by atoms with van der Waals surface area (Å²) in [6, 6.07) is 21.8. The fourth-order valence-corrected chi connectivity index (χ4v) is 7.85. The highest BCUT2D eigenvalue weighted by Gasteiger charge is 2.29. The molecule has 4 aromatic carbocycles. The highest BCUT2D eigenvalue weighted by atomic mass is 35.5. The van der Waals surface area contributed by atoms with Crippen LogP contribution in [0.4, 0.5) is 5.69 Å². The molecule has 0 aliphatic rings. The maximum absolute atomic E-state index is 13.9. The highest BCUT2D eigenvalue weighted by Crippen LogP contribution is 2.34. The van der Waals surface area contributed by atoms with Crippen LogP contribution in [-0.4, -0.2) is 46.1 Å². The molecule has 0 unspecified atom stereocenters. The van der Waals surface area contributed by atoms with Crippen LogP contribution in [0.2, 0.25) is 10.0 Å². The Balaban J connectivity index is 1.50. The number of halogens is 2. The summed E-state index contributed by atoms with van der Waals surface area (Å²) in [5.74, 6) is -1.10. The number of carbonyl (C=O) groups excluding carboxylic acids is 1. The van der Waals surface area contributed by atoms with E-state index in [1.807, 2.05) is 6.92 Å². The van der Waals surface area contributed by atoms with Gasteiger partial charge in [-0.2, -0.15) is 4.98 Å². The third-order valence-electron chi connectivity index (χ3n) is 6.73. The molecule has 10 nitrogen and oxygen atoms in total. The van der Waals surface area contributed by atoms with Crippen molar-refractivity contribution >= 4 is 65.5 Å². The molecular formula is C31H27Cl2N3O7S2. The van der Waals surface area contributed by atoms with Crippen LogP contribution in [0.3, 0.4) is 0 Å². The van der Waals surface area contributed by atoms with E-state index in [1.54, 1.807) is 48.5 Å². The first-order valence-corrected chi connectivity index (χ1v) is 17.6. The van der Waals surface area contributed by atoms with E-state index in [2.05, 4.69) is 10.1 Å². The van der Waals surface area contributed by atoms with Crippen molar-refractivity contribution in [3.63, 3.8) is 0 Å². The molecule has 0 aliphatic carbocycles. The summed E-state index contributed by atoms with van der Waals surface area (Å²) >= 11 is 12.2. The summed E-state index contributed by atoms with van der Waals surface area (Å²) in [7, 11) is -8.03. The van der Waals surface area contributed by atoms with Crippen molar-refractivity contribution in [1.29, 1.82) is 0 Å². The minimum Gasteiger partial charge on any atom is -0.464 e. The lowest BCUT2D eigenvalue weighted by atomic mass is 10.0. The molecule has 0 saturated heterocycles. The first-order chi connectivity index (χ1) is 21.5. The second-order valence-corrected chi connectivity index (χ2v) is 14.7. The average molecular weight is 689 g/mol. The lowest BCUT2D eigenvalue weighted by molar-refractivity contribution is -0.141. The van der Waals surface area contributed by atoms with E-state index in [0.717, 1.165) is 10.7 Å². The molecule has 0 atom stereocenters. The van der Waals surface area contributed by atoms with Crippen molar-refractivity contribution in [3.8, 4) is 11.5 Å². The summed E-state index contributed by atoms with van der Waals surface area (Å²) in [5, 5.41) is 5.31. The third kappa shape index (κ3) is 7.47. The van der Waals surface area contributed by atoms with Crippen LogP contribution in [0.15, 0.2) is 99.2 Å². The van der Waals surface area contributed by atoms with Gasteiger partial charge in [0.2, 0.25) is 0 Å². The van der Waals surface area contributed by atoms with Gasteiger partial charge in [0.1, 0.15) is 12.3 Å². The quantitative estimate of drug-likeness (QED) is 0.103. The summed E-state index contributed by atoms with van der Waals surface area (Å²) in [6.07, 6.45) is 1.43. The van der Waals surface area contributed by atoms with Crippen LogP contribution in [0, 0.1) is 0 Å². The lowest BCUT2D eigenvalue weighted by Crippen LogP contribution is -2.36. The number of sulfone groups is 1. The van der Waals surface area contributed by atoms with E-state index in [1.165, 1.54) is 36.4 Å². The molecule has 0 spiro atoms. The Kier molecular flexibility index (Phi) is 9.78. The number of nitrogens with zero attached hydrogens (tertiary/aromatic N) is 3. The fourth-order valence-electron chi connectivity index (χ4n) is 4.53. The Morgan fingerprint density at radius 2 is 1.62 bits per heavy atom. The average Bonchev–Trinajstić information content (AvgIpc) is 3.47. The van der Waals surface area contributed by atoms with Crippen LogP contribution in [0.1, 0.15) is 25.6 Å². The number of benzene rings is 4. The first-order valence-electron chi connectivity index (χ1n) is 13.8. The molecule has 0 radical (unpaired) electrons. The Hall–Kier alpha value is -3.97. The molecule has 0 saturated carbocycles. The smallest absolute Gasteiger partial charge is 0.326 e. The second-order valence-electron chi connectivity index (χ2n) is 9.99. The van der Waals surface area contributed by atoms with Gasteiger partial charge in [-0.25, -0.2) is 16.8 Å². The number of rotatable bonds is 12. The number of hydrogen-bond acceptors (Lipinski definition) is 9. The number of ether oxygens (including phenoxy) is 1. The number of fused-ring (bicyclic) bond motifs is 1. The van der Waals surface area contributed by atoms with E-state index in [4.69, 9.17) is 32.5 Å². The molecule has 0 amide bonds. The lowest BCUT2D eigenvalue weighted by Gasteiger charge is -2.24. The summed E-state index contributed by atoms with van der Waals surface area (Å²) in [4.78, 5) is 17.0. The zero-order valence-electron chi connectivity index (χ0n) is 23.9. The minimum absolute atomic E-state index is 0.0125. The van der Waals surface area contributed by atoms with Gasteiger partial charge in [-0.3, -0.25) is 9.10 Å². The van der Waals surface area contributed by atoms with Gasteiger partial charge in [-0.15, -0.1) is 0 Å². The van der Waals surface area contributed by atoms with E-state index < -0.39 is 38.1 Å². The third-order valence-corrected chi connectivity index (χ3v) is 10.5. The molecule has 5 aromatic rings. The van der Waals surface area contributed by atoms with Crippen molar-refractivity contribution in [3.05, 3.63) is 101 Å². The van der Waals surface area contributed by atoms with E-state index in [-0.39, 0.29) is 43.8 Å². The van der Waals surface area contributed by atoms with Crippen LogP contribution < -0.4 is 4.31 Å². The predicted octanol–water partition coefficient (Wildman–Crippen LogP) is 6.71. The molecule has 0 aliphatic heterocycles.